The summed E-state index contributed by atoms with van der Waals surface area (Å²) in [5.74, 6) is -0.167. The van der Waals surface area contributed by atoms with Crippen molar-refractivity contribution in [3.63, 3.8) is 0 Å². The first kappa shape index (κ1) is 7.94. The van der Waals surface area contributed by atoms with E-state index in [0.717, 1.165) is 5.01 Å². The van der Waals surface area contributed by atoms with Crippen molar-refractivity contribution < 1.29 is 9.90 Å². The molecule has 0 saturated carbocycles. The number of nitrogens with zero attached hydrogens (tertiary/aromatic N) is 2. The summed E-state index contributed by atoms with van der Waals surface area (Å²) in [5, 5.41) is 13.9. The molecule has 1 aliphatic rings. The molecule has 0 saturated heterocycles. The number of carbonyl (C=O) groups is 1. The zero-order valence-corrected chi connectivity index (χ0v) is 6.10. The van der Waals surface area contributed by atoms with E-state index in [1.54, 1.807) is 6.21 Å². The maximum absolute atomic E-state index is 11.0. The molecule has 1 N–H and O–H groups in total. The normalized spacial score (nSPS) is 20.1. The lowest BCUT2D eigenvalue weighted by molar-refractivity contribution is -0.139. The fourth-order valence-electron chi connectivity index (χ4n) is 0.828. The van der Waals surface area contributed by atoms with Crippen LogP contribution in [0, 0.1) is 0 Å². The summed E-state index contributed by atoms with van der Waals surface area (Å²) >= 11 is 0. The molecule has 0 radical (unpaired) electrons. The van der Waals surface area contributed by atoms with Crippen molar-refractivity contribution in [3.05, 3.63) is 12.7 Å². The second kappa shape index (κ2) is 3.30. The van der Waals surface area contributed by atoms with Gasteiger partial charge >= 0.3 is 0 Å². The summed E-state index contributed by atoms with van der Waals surface area (Å²) in [4.78, 5) is 11.0. The largest absolute Gasteiger partial charge is 0.368 e. The molecule has 0 aliphatic carbocycles. The highest BCUT2D eigenvalue weighted by Gasteiger charge is 2.19. The van der Waals surface area contributed by atoms with Gasteiger partial charge in [-0.3, -0.25) is 4.79 Å². The molecule has 1 amide bonds. The molecule has 1 atom stereocenters. The Labute approximate surface area is 64.8 Å². The third-order valence-corrected chi connectivity index (χ3v) is 1.41. The van der Waals surface area contributed by atoms with Gasteiger partial charge in [-0.25, -0.2) is 5.01 Å². The fraction of sp³-hybridized carbons (Fsp3) is 0.429. The van der Waals surface area contributed by atoms with Crippen LogP contribution in [0.25, 0.3) is 0 Å². The van der Waals surface area contributed by atoms with Crippen LogP contribution in [-0.4, -0.2) is 28.5 Å². The molecule has 1 heterocycles. The Hall–Kier alpha value is -1.16. The number of hydrogen-bond donors (Lipinski definition) is 1. The highest BCUT2D eigenvalue weighted by molar-refractivity contribution is 5.82. The van der Waals surface area contributed by atoms with Crippen molar-refractivity contribution >= 4 is 12.1 Å². The van der Waals surface area contributed by atoms with Crippen LogP contribution >= 0.6 is 0 Å². The molecule has 0 aromatic heterocycles. The van der Waals surface area contributed by atoms with Crippen LogP contribution in [0.5, 0.6) is 0 Å². The zero-order valence-electron chi connectivity index (χ0n) is 6.10. The van der Waals surface area contributed by atoms with Gasteiger partial charge < -0.3 is 5.11 Å². The Morgan fingerprint density at radius 2 is 2.64 bits per heavy atom. The average Bonchev–Trinajstić information content (AvgIpc) is 2.04. The minimum atomic E-state index is -0.987. The molecule has 11 heavy (non-hydrogen) atoms. The summed E-state index contributed by atoms with van der Waals surface area (Å²) in [6.45, 7) is 3.35. The van der Waals surface area contributed by atoms with Gasteiger partial charge in [0.05, 0.1) is 0 Å². The van der Waals surface area contributed by atoms with Gasteiger partial charge in [-0.2, -0.15) is 5.10 Å². The van der Waals surface area contributed by atoms with Crippen molar-refractivity contribution in [2.24, 2.45) is 5.10 Å². The van der Waals surface area contributed by atoms with Gasteiger partial charge in [0.2, 0.25) is 5.91 Å². The smallest absolute Gasteiger partial charge is 0.245 e. The van der Waals surface area contributed by atoms with E-state index in [0.29, 0.717) is 12.8 Å². The third-order valence-electron chi connectivity index (χ3n) is 1.41. The van der Waals surface area contributed by atoms with Gasteiger partial charge in [-0.05, 0) is 12.5 Å². The molecule has 0 aromatic carbocycles. The number of aliphatic hydroxyl groups excluding tert-OH is 1. The molecular weight excluding hydrogens is 144 g/mol. The number of hydrazone groups is 1. The molecule has 60 valence electrons. The number of aliphatic hydroxyl groups is 1. The van der Waals surface area contributed by atoms with Gasteiger partial charge in [-0.15, -0.1) is 0 Å². The van der Waals surface area contributed by atoms with Crippen LogP contribution in [0.4, 0.5) is 0 Å². The first-order valence-corrected chi connectivity index (χ1v) is 3.41. The summed E-state index contributed by atoms with van der Waals surface area (Å²) in [6.07, 6.45) is 2.95. The average molecular weight is 154 g/mol. The Bertz CT molecular complexity index is 201. The lowest BCUT2D eigenvalue weighted by Gasteiger charge is -2.22. The van der Waals surface area contributed by atoms with Crippen LogP contribution in [0.3, 0.4) is 0 Å². The van der Waals surface area contributed by atoms with Crippen LogP contribution in [-0.2, 0) is 4.79 Å². The van der Waals surface area contributed by atoms with Crippen molar-refractivity contribution in [2.75, 3.05) is 0 Å². The predicted molar refractivity (Wildman–Crippen MR) is 40.8 cm³/mol. The van der Waals surface area contributed by atoms with Crippen LogP contribution < -0.4 is 0 Å². The highest BCUT2D eigenvalue weighted by Crippen LogP contribution is 2.07. The lowest BCUT2D eigenvalue weighted by Crippen LogP contribution is -2.36. The molecule has 0 fully saturated rings. The van der Waals surface area contributed by atoms with E-state index in [2.05, 4.69) is 11.7 Å². The standard InChI is InChI=1S/C7H10N2O2/c1-2-6(10)9-7(11)4-3-5-8-9/h2,5-6,10H,1,3-4H2. The van der Waals surface area contributed by atoms with Gasteiger partial charge in [-0.1, -0.05) is 6.58 Å². The lowest BCUT2D eigenvalue weighted by atomic mass is 10.3. The summed E-state index contributed by atoms with van der Waals surface area (Å²) < 4.78 is 0. The fourth-order valence-corrected chi connectivity index (χ4v) is 0.828. The molecule has 4 heteroatoms. The number of hydrogen-bond acceptors (Lipinski definition) is 3. The number of carbonyl (C=O) groups excluding carboxylic acids is 1. The quantitative estimate of drug-likeness (QED) is 0.573. The maximum Gasteiger partial charge on any atom is 0.245 e. The molecule has 4 nitrogen and oxygen atoms in total. The Morgan fingerprint density at radius 1 is 1.91 bits per heavy atom. The van der Waals surface area contributed by atoms with E-state index in [-0.39, 0.29) is 5.91 Å². The van der Waals surface area contributed by atoms with Crippen molar-refractivity contribution in [1.29, 1.82) is 0 Å². The third kappa shape index (κ3) is 1.65. The van der Waals surface area contributed by atoms with Gasteiger partial charge in [0, 0.05) is 12.6 Å². The molecule has 0 bridgehead atoms. The molecule has 0 aromatic rings. The summed E-state index contributed by atoms with van der Waals surface area (Å²) in [5.41, 5.74) is 0. The molecule has 1 unspecified atom stereocenters. The van der Waals surface area contributed by atoms with Crippen molar-refractivity contribution in [2.45, 2.75) is 19.1 Å². The first-order chi connectivity index (χ1) is 5.25. The predicted octanol–water partition coefficient (Wildman–Crippen LogP) is 0.0990. The minimum absolute atomic E-state index is 0.167. The molecule has 1 aliphatic heterocycles. The Balaban J connectivity index is 2.68. The van der Waals surface area contributed by atoms with E-state index in [1.807, 2.05) is 0 Å². The Kier molecular flexibility index (Phi) is 2.38. The van der Waals surface area contributed by atoms with Crippen molar-refractivity contribution in [3.8, 4) is 0 Å². The molecule has 1 rings (SSSR count). The first-order valence-electron chi connectivity index (χ1n) is 3.41. The second-order valence-electron chi connectivity index (χ2n) is 2.22. The van der Waals surface area contributed by atoms with E-state index >= 15 is 0 Å². The van der Waals surface area contributed by atoms with Gasteiger partial charge in [0.25, 0.3) is 0 Å². The van der Waals surface area contributed by atoms with Crippen LogP contribution in [0.1, 0.15) is 12.8 Å². The maximum atomic E-state index is 11.0. The van der Waals surface area contributed by atoms with E-state index in [4.69, 9.17) is 5.11 Å². The minimum Gasteiger partial charge on any atom is -0.368 e. The topological polar surface area (TPSA) is 52.9 Å². The Morgan fingerprint density at radius 3 is 3.18 bits per heavy atom. The molecule has 0 spiro atoms. The highest BCUT2D eigenvalue weighted by atomic mass is 16.3. The van der Waals surface area contributed by atoms with Crippen LogP contribution in [0.2, 0.25) is 0 Å². The number of rotatable bonds is 2. The monoisotopic (exact) mass is 154 g/mol. The summed E-state index contributed by atoms with van der Waals surface area (Å²) in [6, 6.07) is 0. The van der Waals surface area contributed by atoms with Crippen LogP contribution in [0.15, 0.2) is 17.8 Å². The van der Waals surface area contributed by atoms with E-state index < -0.39 is 6.23 Å². The number of amides is 1. The molecular formula is C7H10N2O2. The van der Waals surface area contributed by atoms with E-state index in [9.17, 15) is 4.79 Å². The summed E-state index contributed by atoms with van der Waals surface area (Å²) in [7, 11) is 0. The van der Waals surface area contributed by atoms with E-state index in [1.165, 1.54) is 6.08 Å². The SMILES string of the molecule is C=CC(O)N1N=CCCC1=O. The second-order valence-corrected chi connectivity index (χ2v) is 2.22. The van der Waals surface area contributed by atoms with Crippen molar-refractivity contribution in [1.82, 2.24) is 5.01 Å². The van der Waals surface area contributed by atoms with Gasteiger partial charge in [0.1, 0.15) is 0 Å². The zero-order chi connectivity index (χ0) is 8.27. The van der Waals surface area contributed by atoms with Gasteiger partial charge in [0.15, 0.2) is 6.23 Å².